The van der Waals surface area contributed by atoms with Crippen molar-refractivity contribution in [3.8, 4) is 0 Å². The fraction of sp³-hybridized carbons (Fsp3) is 0.462. The average Bonchev–Trinajstić information content (AvgIpc) is 2.87. The van der Waals surface area contributed by atoms with E-state index in [4.69, 9.17) is 0 Å². The number of carbonyl (C=O) groups excluding carboxylic acids is 2. The lowest BCUT2D eigenvalue weighted by atomic mass is 9.96. The number of hydrogen-bond acceptors (Lipinski definition) is 6. The molecule has 0 radical (unpaired) electrons. The first-order chi connectivity index (χ1) is 17.2. The SMILES string of the molecule is CSc1ccccc1CN1CCC(CNC(=O)C(=O)Nc2ccc3c(c2)N(S(C)(=O)=O)CCC3)CC1. The normalized spacial score (nSPS) is 16.9. The molecule has 2 aliphatic heterocycles. The van der Waals surface area contributed by atoms with Gasteiger partial charge in [0.1, 0.15) is 0 Å². The van der Waals surface area contributed by atoms with Gasteiger partial charge < -0.3 is 10.6 Å². The molecule has 2 N–H and O–H groups in total. The zero-order valence-electron chi connectivity index (χ0n) is 20.8. The van der Waals surface area contributed by atoms with E-state index in [9.17, 15) is 18.0 Å². The number of amides is 2. The van der Waals surface area contributed by atoms with Crippen LogP contribution in [0.1, 0.15) is 30.4 Å². The smallest absolute Gasteiger partial charge is 0.313 e. The zero-order valence-corrected chi connectivity index (χ0v) is 22.5. The second-order valence-corrected chi connectivity index (χ2v) is 12.2. The van der Waals surface area contributed by atoms with Crippen LogP contribution in [-0.4, -0.2) is 63.8 Å². The van der Waals surface area contributed by atoms with Gasteiger partial charge in [-0.15, -0.1) is 11.8 Å². The Morgan fingerprint density at radius 1 is 1.06 bits per heavy atom. The number of nitrogens with one attached hydrogen (secondary N) is 2. The van der Waals surface area contributed by atoms with Crippen LogP contribution in [-0.2, 0) is 32.6 Å². The predicted octanol–water partition coefficient (Wildman–Crippen LogP) is 3.09. The Morgan fingerprint density at radius 3 is 2.53 bits per heavy atom. The van der Waals surface area contributed by atoms with E-state index in [0.29, 0.717) is 30.4 Å². The van der Waals surface area contributed by atoms with Crippen LogP contribution in [0, 0.1) is 5.92 Å². The van der Waals surface area contributed by atoms with Crippen molar-refractivity contribution in [2.75, 3.05) is 48.3 Å². The topological polar surface area (TPSA) is 98.8 Å². The Labute approximate surface area is 217 Å². The van der Waals surface area contributed by atoms with E-state index in [1.807, 2.05) is 6.07 Å². The molecule has 0 atom stereocenters. The van der Waals surface area contributed by atoms with E-state index in [1.54, 1.807) is 23.9 Å². The molecule has 4 rings (SSSR count). The van der Waals surface area contributed by atoms with Crippen LogP contribution in [0.4, 0.5) is 11.4 Å². The first-order valence-corrected chi connectivity index (χ1v) is 15.4. The first-order valence-electron chi connectivity index (χ1n) is 12.3. The number of likely N-dealkylation sites (tertiary alicyclic amines) is 1. The molecular weight excluding hydrogens is 496 g/mol. The zero-order chi connectivity index (χ0) is 25.7. The van der Waals surface area contributed by atoms with Gasteiger partial charge in [-0.2, -0.15) is 0 Å². The van der Waals surface area contributed by atoms with E-state index < -0.39 is 21.8 Å². The van der Waals surface area contributed by atoms with Crippen LogP contribution in [0.5, 0.6) is 0 Å². The number of piperidine rings is 1. The summed E-state index contributed by atoms with van der Waals surface area (Å²) in [4.78, 5) is 28.7. The average molecular weight is 531 g/mol. The molecule has 0 saturated carbocycles. The summed E-state index contributed by atoms with van der Waals surface area (Å²) >= 11 is 1.77. The highest BCUT2D eigenvalue weighted by Gasteiger charge is 2.25. The molecule has 8 nitrogen and oxygen atoms in total. The Kier molecular flexibility index (Phi) is 8.58. The highest BCUT2D eigenvalue weighted by molar-refractivity contribution is 7.98. The lowest BCUT2D eigenvalue weighted by Gasteiger charge is -2.32. The van der Waals surface area contributed by atoms with Crippen LogP contribution < -0.4 is 14.9 Å². The fourth-order valence-electron chi connectivity index (χ4n) is 4.89. The maximum absolute atomic E-state index is 12.5. The molecule has 2 aromatic rings. The van der Waals surface area contributed by atoms with Crippen LogP contribution in [0.25, 0.3) is 0 Å². The molecule has 36 heavy (non-hydrogen) atoms. The Morgan fingerprint density at radius 2 is 1.81 bits per heavy atom. The second-order valence-electron chi connectivity index (χ2n) is 9.48. The van der Waals surface area contributed by atoms with Gasteiger partial charge in [0.15, 0.2) is 0 Å². The molecule has 0 bridgehead atoms. The number of benzene rings is 2. The summed E-state index contributed by atoms with van der Waals surface area (Å²) in [7, 11) is -3.41. The van der Waals surface area contributed by atoms with Gasteiger partial charge in [0.25, 0.3) is 0 Å². The third-order valence-corrected chi connectivity index (χ3v) is 8.89. The van der Waals surface area contributed by atoms with Crippen molar-refractivity contribution < 1.29 is 18.0 Å². The fourth-order valence-corrected chi connectivity index (χ4v) is 6.49. The molecule has 2 aromatic carbocycles. The van der Waals surface area contributed by atoms with Crippen LogP contribution in [0.2, 0.25) is 0 Å². The number of sulfonamides is 1. The second kappa shape index (κ2) is 11.7. The van der Waals surface area contributed by atoms with Gasteiger partial charge in [-0.25, -0.2) is 8.42 Å². The number of thioether (sulfide) groups is 1. The minimum Gasteiger partial charge on any atom is -0.348 e. The molecule has 10 heteroatoms. The van der Waals surface area contributed by atoms with Gasteiger partial charge in [-0.1, -0.05) is 24.3 Å². The molecule has 0 aromatic heterocycles. The summed E-state index contributed by atoms with van der Waals surface area (Å²) in [5.74, 6) is -1.09. The summed E-state index contributed by atoms with van der Waals surface area (Å²) < 4.78 is 25.6. The molecule has 0 unspecified atom stereocenters. The number of hydrogen-bond donors (Lipinski definition) is 2. The summed E-state index contributed by atoms with van der Waals surface area (Å²) in [6.07, 6.45) is 6.73. The maximum atomic E-state index is 12.5. The lowest BCUT2D eigenvalue weighted by molar-refractivity contribution is -0.136. The van der Waals surface area contributed by atoms with E-state index in [1.165, 1.54) is 21.0 Å². The van der Waals surface area contributed by atoms with Crippen LogP contribution in [0.15, 0.2) is 47.4 Å². The molecule has 2 heterocycles. The van der Waals surface area contributed by atoms with Crippen molar-refractivity contribution in [1.29, 1.82) is 0 Å². The van der Waals surface area contributed by atoms with Crippen molar-refractivity contribution in [3.63, 3.8) is 0 Å². The van der Waals surface area contributed by atoms with E-state index >= 15 is 0 Å². The van der Waals surface area contributed by atoms with Gasteiger partial charge in [0.2, 0.25) is 10.0 Å². The molecule has 2 amide bonds. The van der Waals surface area contributed by atoms with Crippen molar-refractivity contribution >= 4 is 45.0 Å². The van der Waals surface area contributed by atoms with E-state index in [0.717, 1.165) is 50.9 Å². The van der Waals surface area contributed by atoms with Crippen molar-refractivity contribution in [1.82, 2.24) is 10.2 Å². The molecule has 1 saturated heterocycles. The summed E-state index contributed by atoms with van der Waals surface area (Å²) in [5, 5.41) is 5.39. The lowest BCUT2D eigenvalue weighted by Crippen LogP contribution is -2.41. The van der Waals surface area contributed by atoms with Gasteiger partial charge in [-0.05, 0) is 80.3 Å². The number of carbonyl (C=O) groups is 2. The minimum atomic E-state index is -3.41. The summed E-state index contributed by atoms with van der Waals surface area (Å²) in [5.41, 5.74) is 3.23. The van der Waals surface area contributed by atoms with Gasteiger partial charge in [0.05, 0.1) is 11.9 Å². The highest BCUT2D eigenvalue weighted by Crippen LogP contribution is 2.31. The predicted molar refractivity (Wildman–Crippen MR) is 145 cm³/mol. The molecule has 2 aliphatic rings. The standard InChI is InChI=1S/C26H34N4O4S2/c1-35-24-8-4-3-6-21(24)18-29-14-11-19(12-15-29)17-27-25(31)26(32)28-22-10-9-20-7-5-13-30(23(20)16-22)36(2,33)34/h3-4,6,8-10,16,19H,5,7,11-15,17-18H2,1-2H3,(H,27,31)(H,28,32). The first kappa shape index (κ1) is 26.5. The molecular formula is C26H34N4O4S2. The largest absolute Gasteiger partial charge is 0.348 e. The monoisotopic (exact) mass is 530 g/mol. The van der Waals surface area contributed by atoms with Gasteiger partial charge in [0, 0.05) is 30.2 Å². The van der Waals surface area contributed by atoms with E-state index in [2.05, 4.69) is 46.1 Å². The number of anilines is 2. The van der Waals surface area contributed by atoms with Gasteiger partial charge >= 0.3 is 11.8 Å². The molecule has 1 fully saturated rings. The number of aryl methyl sites for hydroxylation is 1. The summed E-state index contributed by atoms with van der Waals surface area (Å²) in [6.45, 7) is 3.72. The summed E-state index contributed by atoms with van der Waals surface area (Å²) in [6, 6.07) is 13.6. The van der Waals surface area contributed by atoms with Gasteiger partial charge in [-0.3, -0.25) is 18.8 Å². The third-order valence-electron chi connectivity index (χ3n) is 6.87. The van der Waals surface area contributed by atoms with Crippen molar-refractivity contribution in [2.24, 2.45) is 5.92 Å². The van der Waals surface area contributed by atoms with Crippen LogP contribution in [0.3, 0.4) is 0 Å². The van der Waals surface area contributed by atoms with Crippen molar-refractivity contribution in [3.05, 3.63) is 53.6 Å². The minimum absolute atomic E-state index is 0.334. The molecule has 0 aliphatic carbocycles. The van der Waals surface area contributed by atoms with Crippen molar-refractivity contribution in [2.45, 2.75) is 37.1 Å². The highest BCUT2D eigenvalue weighted by atomic mass is 32.2. The number of fused-ring (bicyclic) bond motifs is 1. The quantitative estimate of drug-likeness (QED) is 0.422. The van der Waals surface area contributed by atoms with Crippen LogP contribution >= 0.6 is 11.8 Å². The Hall–Kier alpha value is -2.56. The maximum Gasteiger partial charge on any atom is 0.313 e. The Balaban J connectivity index is 1.25. The third kappa shape index (κ3) is 6.60. The Bertz CT molecular complexity index is 1210. The number of rotatable bonds is 7. The molecule has 194 valence electrons. The molecule has 0 spiro atoms. The number of nitrogens with zero attached hydrogens (tertiary/aromatic N) is 2. The van der Waals surface area contributed by atoms with E-state index in [-0.39, 0.29) is 0 Å².